The summed E-state index contributed by atoms with van der Waals surface area (Å²) >= 11 is 0. The van der Waals surface area contributed by atoms with Gasteiger partial charge in [0.2, 0.25) is 5.91 Å². The molecular formula is C10H18N4O. The van der Waals surface area contributed by atoms with Crippen LogP contribution < -0.4 is 11.1 Å². The Morgan fingerprint density at radius 2 is 2.40 bits per heavy atom. The number of nitrogens with one attached hydrogen (secondary N) is 1. The fourth-order valence-corrected chi connectivity index (χ4v) is 1.17. The fourth-order valence-electron chi connectivity index (χ4n) is 1.17. The third kappa shape index (κ3) is 2.56. The normalized spacial score (nSPS) is 14.7. The molecule has 1 atom stereocenters. The molecule has 0 saturated heterocycles. The SMILES string of the molecule is CCC(C)(CN)C(=O)Nc1cnn(C)c1. The van der Waals surface area contributed by atoms with Gasteiger partial charge in [-0.15, -0.1) is 0 Å². The van der Waals surface area contributed by atoms with E-state index < -0.39 is 5.41 Å². The molecule has 15 heavy (non-hydrogen) atoms. The van der Waals surface area contributed by atoms with Gasteiger partial charge in [0.1, 0.15) is 0 Å². The van der Waals surface area contributed by atoms with Gasteiger partial charge in [-0.25, -0.2) is 0 Å². The van der Waals surface area contributed by atoms with E-state index in [0.717, 1.165) is 6.42 Å². The molecule has 0 bridgehead atoms. The third-order valence-electron chi connectivity index (χ3n) is 2.74. The number of rotatable bonds is 4. The minimum Gasteiger partial charge on any atom is -0.329 e. The smallest absolute Gasteiger partial charge is 0.231 e. The highest BCUT2D eigenvalue weighted by Crippen LogP contribution is 2.21. The molecule has 0 saturated carbocycles. The van der Waals surface area contributed by atoms with E-state index in [1.54, 1.807) is 24.1 Å². The van der Waals surface area contributed by atoms with Crippen molar-refractivity contribution in [3.05, 3.63) is 12.4 Å². The van der Waals surface area contributed by atoms with Crippen molar-refractivity contribution in [2.75, 3.05) is 11.9 Å². The number of carbonyl (C=O) groups is 1. The van der Waals surface area contributed by atoms with Crippen molar-refractivity contribution in [2.45, 2.75) is 20.3 Å². The molecule has 0 fully saturated rings. The lowest BCUT2D eigenvalue weighted by Gasteiger charge is -2.24. The summed E-state index contributed by atoms with van der Waals surface area (Å²) in [5.41, 5.74) is 5.80. The first-order chi connectivity index (χ1) is 7.01. The lowest BCUT2D eigenvalue weighted by Crippen LogP contribution is -2.39. The van der Waals surface area contributed by atoms with E-state index in [0.29, 0.717) is 12.2 Å². The van der Waals surface area contributed by atoms with E-state index in [-0.39, 0.29) is 5.91 Å². The summed E-state index contributed by atoms with van der Waals surface area (Å²) in [5, 5.41) is 6.78. The largest absolute Gasteiger partial charge is 0.329 e. The van der Waals surface area contributed by atoms with Gasteiger partial charge in [-0.1, -0.05) is 6.92 Å². The molecule has 1 unspecified atom stereocenters. The van der Waals surface area contributed by atoms with Crippen LogP contribution >= 0.6 is 0 Å². The lowest BCUT2D eigenvalue weighted by atomic mass is 9.86. The number of anilines is 1. The van der Waals surface area contributed by atoms with Crippen LogP contribution in [0.2, 0.25) is 0 Å². The maximum atomic E-state index is 11.9. The molecule has 1 aromatic heterocycles. The van der Waals surface area contributed by atoms with Gasteiger partial charge in [0.15, 0.2) is 0 Å². The molecule has 1 heterocycles. The topological polar surface area (TPSA) is 72.9 Å². The van der Waals surface area contributed by atoms with Gasteiger partial charge in [-0.05, 0) is 13.3 Å². The van der Waals surface area contributed by atoms with Crippen molar-refractivity contribution < 1.29 is 4.79 Å². The van der Waals surface area contributed by atoms with E-state index in [9.17, 15) is 4.79 Å². The van der Waals surface area contributed by atoms with Gasteiger partial charge in [0.25, 0.3) is 0 Å². The van der Waals surface area contributed by atoms with Crippen molar-refractivity contribution >= 4 is 11.6 Å². The molecule has 0 aliphatic heterocycles. The summed E-state index contributed by atoms with van der Waals surface area (Å²) in [6.07, 6.45) is 4.09. The Kier molecular flexibility index (Phi) is 3.47. The minimum absolute atomic E-state index is 0.0551. The zero-order valence-corrected chi connectivity index (χ0v) is 9.45. The molecule has 0 radical (unpaired) electrons. The summed E-state index contributed by atoms with van der Waals surface area (Å²) in [4.78, 5) is 11.9. The summed E-state index contributed by atoms with van der Waals surface area (Å²) in [7, 11) is 1.80. The molecule has 0 aromatic carbocycles. The van der Waals surface area contributed by atoms with Crippen LogP contribution in [0, 0.1) is 5.41 Å². The zero-order valence-electron chi connectivity index (χ0n) is 9.45. The maximum Gasteiger partial charge on any atom is 0.231 e. The van der Waals surface area contributed by atoms with Crippen LogP contribution in [0.1, 0.15) is 20.3 Å². The Labute approximate surface area is 89.6 Å². The molecule has 0 aliphatic carbocycles. The summed E-state index contributed by atoms with van der Waals surface area (Å²) in [6, 6.07) is 0. The zero-order chi connectivity index (χ0) is 11.5. The van der Waals surface area contributed by atoms with Crippen LogP contribution in [0.15, 0.2) is 12.4 Å². The number of hydrogen-bond donors (Lipinski definition) is 2. The second-order valence-corrected chi connectivity index (χ2v) is 3.98. The van der Waals surface area contributed by atoms with Gasteiger partial charge in [0.05, 0.1) is 17.3 Å². The molecule has 5 heteroatoms. The van der Waals surface area contributed by atoms with Gasteiger partial charge >= 0.3 is 0 Å². The molecule has 3 N–H and O–H groups in total. The Morgan fingerprint density at radius 1 is 1.73 bits per heavy atom. The summed E-state index contributed by atoms with van der Waals surface area (Å²) in [5.74, 6) is -0.0551. The van der Waals surface area contributed by atoms with Gasteiger partial charge in [-0.2, -0.15) is 5.10 Å². The highest BCUT2D eigenvalue weighted by atomic mass is 16.2. The van der Waals surface area contributed by atoms with E-state index in [1.807, 2.05) is 13.8 Å². The Balaban J connectivity index is 2.70. The number of amides is 1. The van der Waals surface area contributed by atoms with Crippen molar-refractivity contribution in [1.82, 2.24) is 9.78 Å². The second kappa shape index (κ2) is 4.44. The van der Waals surface area contributed by atoms with E-state index in [2.05, 4.69) is 10.4 Å². The molecule has 5 nitrogen and oxygen atoms in total. The number of hydrogen-bond acceptors (Lipinski definition) is 3. The van der Waals surface area contributed by atoms with Gasteiger partial charge in [0, 0.05) is 19.8 Å². The monoisotopic (exact) mass is 210 g/mol. The van der Waals surface area contributed by atoms with E-state index in [1.165, 1.54) is 0 Å². The number of nitrogens with zero attached hydrogens (tertiary/aromatic N) is 2. The van der Waals surface area contributed by atoms with Crippen LogP contribution in [0.5, 0.6) is 0 Å². The predicted molar refractivity (Wildman–Crippen MR) is 59.3 cm³/mol. The van der Waals surface area contributed by atoms with Crippen LogP contribution in [0.25, 0.3) is 0 Å². The van der Waals surface area contributed by atoms with Gasteiger partial charge < -0.3 is 11.1 Å². The van der Waals surface area contributed by atoms with Crippen molar-refractivity contribution in [2.24, 2.45) is 18.2 Å². The van der Waals surface area contributed by atoms with Crippen molar-refractivity contribution in [3.8, 4) is 0 Å². The molecule has 1 amide bonds. The highest BCUT2D eigenvalue weighted by Gasteiger charge is 2.29. The van der Waals surface area contributed by atoms with E-state index in [4.69, 9.17) is 5.73 Å². The minimum atomic E-state index is -0.504. The van der Waals surface area contributed by atoms with Gasteiger partial charge in [-0.3, -0.25) is 9.48 Å². The molecular weight excluding hydrogens is 192 g/mol. The van der Waals surface area contributed by atoms with Crippen LogP contribution in [-0.2, 0) is 11.8 Å². The Bertz CT molecular complexity index is 341. The van der Waals surface area contributed by atoms with Crippen LogP contribution in [0.3, 0.4) is 0 Å². The van der Waals surface area contributed by atoms with Crippen LogP contribution in [-0.4, -0.2) is 22.2 Å². The molecule has 1 rings (SSSR count). The molecule has 0 spiro atoms. The maximum absolute atomic E-state index is 11.9. The third-order valence-corrected chi connectivity index (χ3v) is 2.74. The number of carbonyl (C=O) groups excluding carboxylic acids is 1. The first-order valence-corrected chi connectivity index (χ1v) is 5.02. The molecule has 1 aromatic rings. The Hall–Kier alpha value is -1.36. The fraction of sp³-hybridized carbons (Fsp3) is 0.600. The molecule has 0 aliphatic rings. The average molecular weight is 210 g/mol. The molecule has 84 valence electrons. The van der Waals surface area contributed by atoms with Crippen molar-refractivity contribution in [1.29, 1.82) is 0 Å². The number of aryl methyl sites for hydroxylation is 1. The Morgan fingerprint density at radius 3 is 2.80 bits per heavy atom. The first kappa shape index (κ1) is 11.7. The highest BCUT2D eigenvalue weighted by molar-refractivity contribution is 5.94. The lowest BCUT2D eigenvalue weighted by molar-refractivity contribution is -0.124. The summed E-state index contributed by atoms with van der Waals surface area (Å²) in [6.45, 7) is 4.16. The quantitative estimate of drug-likeness (QED) is 0.769. The average Bonchev–Trinajstić information content (AvgIpc) is 2.62. The number of nitrogens with two attached hydrogens (primary N) is 1. The van der Waals surface area contributed by atoms with Crippen LogP contribution in [0.4, 0.5) is 5.69 Å². The predicted octanol–water partition coefficient (Wildman–Crippen LogP) is 0.734. The van der Waals surface area contributed by atoms with E-state index >= 15 is 0 Å². The standard InChI is InChI=1S/C10H18N4O/c1-4-10(2,7-11)9(15)13-8-5-12-14(3)6-8/h5-6H,4,7,11H2,1-3H3,(H,13,15). The first-order valence-electron chi connectivity index (χ1n) is 5.02. The van der Waals surface area contributed by atoms with Crippen molar-refractivity contribution in [3.63, 3.8) is 0 Å². The summed E-state index contributed by atoms with van der Waals surface area (Å²) < 4.78 is 1.64. The second-order valence-electron chi connectivity index (χ2n) is 3.98. The number of aromatic nitrogens is 2.